The van der Waals surface area contributed by atoms with Crippen molar-refractivity contribution in [2.75, 3.05) is 5.32 Å². The number of anilines is 1. The summed E-state index contributed by atoms with van der Waals surface area (Å²) in [5.41, 5.74) is 1.85. The highest BCUT2D eigenvalue weighted by Crippen LogP contribution is 2.26. The van der Waals surface area contributed by atoms with E-state index in [4.69, 9.17) is 0 Å². The molecule has 2 aromatic rings. The first-order chi connectivity index (χ1) is 9.16. The van der Waals surface area contributed by atoms with Gasteiger partial charge in [0.2, 0.25) is 0 Å². The lowest BCUT2D eigenvalue weighted by atomic mass is 10.1. The lowest BCUT2D eigenvalue weighted by Gasteiger charge is -2.17. The monoisotopic (exact) mass is 321 g/mol. The maximum absolute atomic E-state index is 13.7. The number of aryl methyl sites for hydroxylation is 1. The zero-order valence-corrected chi connectivity index (χ0v) is 12.5. The van der Waals surface area contributed by atoms with Crippen LogP contribution in [0.15, 0.2) is 53.0 Å². The molecule has 0 radical (unpaired) electrons. The highest BCUT2D eigenvalue weighted by molar-refractivity contribution is 9.10. The van der Waals surface area contributed by atoms with Crippen LogP contribution in [0.5, 0.6) is 0 Å². The molecule has 0 saturated heterocycles. The van der Waals surface area contributed by atoms with Crippen molar-refractivity contribution in [3.8, 4) is 0 Å². The fourth-order valence-corrected chi connectivity index (χ4v) is 2.44. The van der Waals surface area contributed by atoms with Gasteiger partial charge in [-0.1, -0.05) is 36.4 Å². The van der Waals surface area contributed by atoms with E-state index in [9.17, 15) is 4.39 Å². The van der Waals surface area contributed by atoms with Crippen LogP contribution in [0.1, 0.15) is 18.9 Å². The average Bonchev–Trinajstić information content (AvgIpc) is 2.42. The second-order valence-electron chi connectivity index (χ2n) is 4.67. The highest BCUT2D eigenvalue weighted by Gasteiger charge is 2.09. The molecule has 3 heteroatoms. The minimum absolute atomic E-state index is 0.216. The van der Waals surface area contributed by atoms with Crippen molar-refractivity contribution in [1.29, 1.82) is 0 Å². The summed E-state index contributed by atoms with van der Waals surface area (Å²) < 4.78 is 14.4. The average molecular weight is 322 g/mol. The Hall–Kier alpha value is -1.35. The van der Waals surface area contributed by atoms with Gasteiger partial charge in [0.1, 0.15) is 5.82 Å². The summed E-state index contributed by atoms with van der Waals surface area (Å²) in [5.74, 6) is -0.221. The van der Waals surface area contributed by atoms with E-state index in [0.717, 1.165) is 17.3 Å². The molecule has 1 unspecified atom stereocenters. The van der Waals surface area contributed by atoms with Crippen LogP contribution in [0.2, 0.25) is 0 Å². The molecule has 0 amide bonds. The van der Waals surface area contributed by atoms with Crippen LogP contribution in [0.3, 0.4) is 0 Å². The van der Waals surface area contributed by atoms with Gasteiger partial charge in [0.05, 0.1) is 5.69 Å². The van der Waals surface area contributed by atoms with Crippen molar-refractivity contribution in [3.05, 3.63) is 64.4 Å². The van der Waals surface area contributed by atoms with Crippen LogP contribution in [0.25, 0.3) is 0 Å². The molecule has 0 aliphatic carbocycles. The second-order valence-corrected chi connectivity index (χ2v) is 5.52. The summed E-state index contributed by atoms with van der Waals surface area (Å²) in [6, 6.07) is 15.6. The summed E-state index contributed by atoms with van der Waals surface area (Å²) in [4.78, 5) is 0. The third kappa shape index (κ3) is 4.06. The molecular formula is C16H17BrFN. The minimum atomic E-state index is -0.221. The predicted octanol–water partition coefficient (Wildman–Crippen LogP) is 5.02. The van der Waals surface area contributed by atoms with E-state index in [0.29, 0.717) is 5.69 Å². The van der Waals surface area contributed by atoms with Gasteiger partial charge in [-0.3, -0.25) is 0 Å². The first-order valence-electron chi connectivity index (χ1n) is 6.41. The number of nitrogens with one attached hydrogen (secondary N) is 1. The fraction of sp³-hybridized carbons (Fsp3) is 0.250. The first-order valence-corrected chi connectivity index (χ1v) is 7.20. The van der Waals surface area contributed by atoms with Gasteiger partial charge < -0.3 is 5.32 Å². The van der Waals surface area contributed by atoms with E-state index >= 15 is 0 Å². The van der Waals surface area contributed by atoms with Crippen LogP contribution in [-0.4, -0.2) is 6.04 Å². The largest absolute Gasteiger partial charge is 0.379 e. The molecule has 1 atom stereocenters. The highest BCUT2D eigenvalue weighted by atomic mass is 79.9. The lowest BCUT2D eigenvalue weighted by molar-refractivity contribution is 0.621. The fourth-order valence-electron chi connectivity index (χ4n) is 1.98. The van der Waals surface area contributed by atoms with E-state index in [-0.39, 0.29) is 11.9 Å². The van der Waals surface area contributed by atoms with Gasteiger partial charge in [0.25, 0.3) is 0 Å². The molecule has 19 heavy (non-hydrogen) atoms. The molecule has 0 aliphatic heterocycles. The molecule has 0 saturated carbocycles. The summed E-state index contributed by atoms with van der Waals surface area (Å²) in [6.07, 6.45) is 1.95. The Kier molecular flexibility index (Phi) is 4.97. The smallest absolute Gasteiger partial charge is 0.147 e. The maximum Gasteiger partial charge on any atom is 0.147 e. The Morgan fingerprint density at radius 3 is 2.53 bits per heavy atom. The van der Waals surface area contributed by atoms with E-state index in [1.54, 1.807) is 6.07 Å². The molecule has 1 N–H and O–H groups in total. The third-order valence-corrected chi connectivity index (χ3v) is 3.72. The van der Waals surface area contributed by atoms with Crippen LogP contribution in [-0.2, 0) is 6.42 Å². The Labute approximate surface area is 122 Å². The van der Waals surface area contributed by atoms with E-state index in [1.807, 2.05) is 24.3 Å². The molecule has 0 bridgehead atoms. The lowest BCUT2D eigenvalue weighted by Crippen LogP contribution is -2.17. The molecule has 0 fully saturated rings. The van der Waals surface area contributed by atoms with Crippen LogP contribution < -0.4 is 5.32 Å². The standard InChI is InChI=1S/C16H17BrFN/c1-12(10-11-13-6-3-2-4-7-13)19-16-14(17)8-5-9-15(16)18/h2-9,12,19H,10-11H2,1H3. The molecule has 100 valence electrons. The van der Waals surface area contributed by atoms with Crippen molar-refractivity contribution in [3.63, 3.8) is 0 Å². The van der Waals surface area contributed by atoms with Gasteiger partial charge in [0, 0.05) is 10.5 Å². The number of halogens is 2. The van der Waals surface area contributed by atoms with Crippen molar-refractivity contribution >= 4 is 21.6 Å². The zero-order valence-electron chi connectivity index (χ0n) is 10.9. The summed E-state index contributed by atoms with van der Waals surface area (Å²) in [6.45, 7) is 2.07. The number of rotatable bonds is 5. The summed E-state index contributed by atoms with van der Waals surface area (Å²) >= 11 is 3.37. The number of hydrogen-bond donors (Lipinski definition) is 1. The Morgan fingerprint density at radius 1 is 1.11 bits per heavy atom. The Balaban J connectivity index is 1.93. The molecule has 2 rings (SSSR count). The van der Waals surface area contributed by atoms with E-state index in [1.165, 1.54) is 11.6 Å². The normalized spacial score (nSPS) is 12.2. The first kappa shape index (κ1) is 14.1. The van der Waals surface area contributed by atoms with E-state index in [2.05, 4.69) is 40.3 Å². The second kappa shape index (κ2) is 6.71. The van der Waals surface area contributed by atoms with Crippen molar-refractivity contribution < 1.29 is 4.39 Å². The maximum atomic E-state index is 13.7. The quantitative estimate of drug-likeness (QED) is 0.815. The molecule has 1 nitrogen and oxygen atoms in total. The summed E-state index contributed by atoms with van der Waals surface area (Å²) in [7, 11) is 0. The predicted molar refractivity (Wildman–Crippen MR) is 81.9 cm³/mol. The molecule has 0 heterocycles. The number of para-hydroxylation sites is 1. The van der Waals surface area contributed by atoms with Gasteiger partial charge in [0.15, 0.2) is 0 Å². The van der Waals surface area contributed by atoms with E-state index < -0.39 is 0 Å². The van der Waals surface area contributed by atoms with Crippen LogP contribution in [0, 0.1) is 5.82 Å². The molecular weight excluding hydrogens is 305 g/mol. The van der Waals surface area contributed by atoms with Gasteiger partial charge in [-0.15, -0.1) is 0 Å². The Morgan fingerprint density at radius 2 is 1.84 bits per heavy atom. The molecule has 0 aliphatic rings. The number of benzene rings is 2. The van der Waals surface area contributed by atoms with Crippen molar-refractivity contribution in [1.82, 2.24) is 0 Å². The van der Waals surface area contributed by atoms with Crippen molar-refractivity contribution in [2.24, 2.45) is 0 Å². The van der Waals surface area contributed by atoms with Gasteiger partial charge in [-0.2, -0.15) is 0 Å². The summed E-state index contributed by atoms with van der Waals surface area (Å²) in [5, 5.41) is 3.23. The van der Waals surface area contributed by atoms with Gasteiger partial charge >= 0.3 is 0 Å². The Bertz CT molecular complexity index is 507. The van der Waals surface area contributed by atoms with Crippen LogP contribution in [0.4, 0.5) is 10.1 Å². The minimum Gasteiger partial charge on any atom is -0.379 e. The molecule has 0 spiro atoms. The topological polar surface area (TPSA) is 12.0 Å². The molecule has 2 aromatic carbocycles. The van der Waals surface area contributed by atoms with Gasteiger partial charge in [-0.05, 0) is 53.4 Å². The molecule has 0 aromatic heterocycles. The third-order valence-electron chi connectivity index (χ3n) is 3.06. The SMILES string of the molecule is CC(CCc1ccccc1)Nc1c(F)cccc1Br. The number of hydrogen-bond acceptors (Lipinski definition) is 1. The van der Waals surface area contributed by atoms with Crippen molar-refractivity contribution in [2.45, 2.75) is 25.8 Å². The van der Waals surface area contributed by atoms with Gasteiger partial charge in [-0.25, -0.2) is 4.39 Å². The zero-order chi connectivity index (χ0) is 13.7. The van der Waals surface area contributed by atoms with Crippen LogP contribution >= 0.6 is 15.9 Å².